The van der Waals surface area contributed by atoms with Gasteiger partial charge in [-0.1, -0.05) is 30.4 Å². The van der Waals surface area contributed by atoms with Crippen molar-refractivity contribution in [1.82, 2.24) is 0 Å². The summed E-state index contributed by atoms with van der Waals surface area (Å²) in [7, 11) is 0. The molecule has 0 heterocycles. The van der Waals surface area contributed by atoms with Gasteiger partial charge in [-0.25, -0.2) is 0 Å². The van der Waals surface area contributed by atoms with Gasteiger partial charge >= 0.3 is 0 Å². The molecule has 0 spiro atoms. The first-order valence-corrected chi connectivity index (χ1v) is 2.87. The molecule has 0 saturated carbocycles. The molecule has 0 amide bonds. The summed E-state index contributed by atoms with van der Waals surface area (Å²) in [4.78, 5) is 0. The van der Waals surface area contributed by atoms with E-state index in [0.29, 0.717) is 0 Å². The van der Waals surface area contributed by atoms with Crippen molar-refractivity contribution >= 4 is 0 Å². The van der Waals surface area contributed by atoms with Gasteiger partial charge in [0, 0.05) is 5.70 Å². The third-order valence-corrected chi connectivity index (χ3v) is 1.02. The Balaban J connectivity index is 2.77. The van der Waals surface area contributed by atoms with Crippen molar-refractivity contribution < 1.29 is 0 Å². The molecule has 0 radical (unpaired) electrons. The van der Waals surface area contributed by atoms with Crippen molar-refractivity contribution in [3.8, 4) is 0 Å². The van der Waals surface area contributed by atoms with E-state index in [0.717, 1.165) is 5.70 Å². The van der Waals surface area contributed by atoms with Gasteiger partial charge in [-0.2, -0.15) is 0 Å². The topological polar surface area (TPSA) is 26.0 Å². The molecule has 1 aliphatic carbocycles. The number of hydrogen-bond acceptors (Lipinski definition) is 1. The monoisotopic (exact) mass is 119 g/mol. The Kier molecular flexibility index (Phi) is 1.91. The van der Waals surface area contributed by atoms with E-state index in [1.807, 2.05) is 42.5 Å². The Bertz CT molecular complexity index is 195. The molecule has 1 aliphatic rings. The second kappa shape index (κ2) is 2.92. The highest BCUT2D eigenvalue weighted by molar-refractivity contribution is 5.28. The van der Waals surface area contributed by atoms with Gasteiger partial charge < -0.3 is 5.73 Å². The number of hydrogen-bond donors (Lipinski definition) is 1. The second-order valence-corrected chi connectivity index (χ2v) is 1.80. The van der Waals surface area contributed by atoms with Crippen LogP contribution >= 0.6 is 0 Å². The maximum Gasteiger partial charge on any atom is 0.0313 e. The van der Waals surface area contributed by atoms with Crippen LogP contribution in [0, 0.1) is 0 Å². The Morgan fingerprint density at radius 2 is 1.56 bits per heavy atom. The van der Waals surface area contributed by atoms with Crippen molar-refractivity contribution in [2.24, 2.45) is 5.73 Å². The van der Waals surface area contributed by atoms with Crippen LogP contribution in [-0.2, 0) is 0 Å². The molecular weight excluding hydrogens is 110 g/mol. The van der Waals surface area contributed by atoms with Gasteiger partial charge in [0.05, 0.1) is 0 Å². The van der Waals surface area contributed by atoms with Gasteiger partial charge in [-0.15, -0.1) is 0 Å². The molecule has 0 fully saturated rings. The normalized spacial score (nSPS) is 23.8. The summed E-state index contributed by atoms with van der Waals surface area (Å²) < 4.78 is 0. The lowest BCUT2D eigenvalue weighted by atomic mass is 10.3. The van der Waals surface area contributed by atoms with E-state index in [1.54, 1.807) is 0 Å². The molecule has 1 heteroatoms. The smallest absolute Gasteiger partial charge is 0.0313 e. The number of rotatable bonds is 0. The minimum Gasteiger partial charge on any atom is -0.399 e. The first-order chi connectivity index (χ1) is 4.39. The lowest BCUT2D eigenvalue weighted by Crippen LogP contribution is -1.90. The maximum absolute atomic E-state index is 5.49. The van der Waals surface area contributed by atoms with Crippen LogP contribution in [-0.4, -0.2) is 0 Å². The fourth-order valence-corrected chi connectivity index (χ4v) is 0.581. The van der Waals surface area contributed by atoms with Crippen LogP contribution in [0.2, 0.25) is 0 Å². The van der Waals surface area contributed by atoms with Crippen LogP contribution in [0.25, 0.3) is 0 Å². The molecule has 0 atom stereocenters. The molecule has 1 rings (SSSR count). The summed E-state index contributed by atoms with van der Waals surface area (Å²) in [6.45, 7) is 0. The van der Waals surface area contributed by atoms with Crippen molar-refractivity contribution in [3.05, 3.63) is 48.2 Å². The van der Waals surface area contributed by atoms with E-state index in [9.17, 15) is 0 Å². The third kappa shape index (κ3) is 2.00. The van der Waals surface area contributed by atoms with Crippen molar-refractivity contribution in [1.29, 1.82) is 0 Å². The Labute approximate surface area is 54.9 Å². The summed E-state index contributed by atoms with van der Waals surface area (Å²) in [6, 6.07) is 0. The van der Waals surface area contributed by atoms with Crippen LogP contribution in [0.1, 0.15) is 0 Å². The standard InChI is InChI=1S/C8H9N/c9-8-6-4-2-1-3-5-7-8/h1-7H,9H2/b2-1-,3-1?,4-2?,5-3-,6-4?,7-5?,8-6?,8-7?. The average Bonchev–Trinajstić information content (AvgIpc) is 1.79. The molecule has 0 saturated heterocycles. The molecule has 1 nitrogen and oxygen atoms in total. The summed E-state index contributed by atoms with van der Waals surface area (Å²) >= 11 is 0. The second-order valence-electron chi connectivity index (χ2n) is 1.80. The molecule has 0 bridgehead atoms. The highest BCUT2D eigenvalue weighted by atomic mass is 14.5. The molecule has 0 aromatic heterocycles. The Morgan fingerprint density at radius 3 is 2.44 bits per heavy atom. The minimum atomic E-state index is 0.788. The van der Waals surface area contributed by atoms with E-state index >= 15 is 0 Å². The summed E-state index contributed by atoms with van der Waals surface area (Å²) in [6.07, 6.45) is 13.4. The molecule has 2 N–H and O–H groups in total. The Hall–Kier alpha value is -1.24. The Morgan fingerprint density at radius 1 is 0.889 bits per heavy atom. The van der Waals surface area contributed by atoms with Gasteiger partial charge in [-0.3, -0.25) is 0 Å². The van der Waals surface area contributed by atoms with Crippen molar-refractivity contribution in [3.63, 3.8) is 0 Å². The molecule has 9 heavy (non-hydrogen) atoms. The zero-order valence-electron chi connectivity index (χ0n) is 5.12. The van der Waals surface area contributed by atoms with Crippen LogP contribution in [0.3, 0.4) is 0 Å². The highest BCUT2D eigenvalue weighted by Gasteiger charge is 1.77. The molecule has 0 unspecified atom stereocenters. The average molecular weight is 119 g/mol. The fourth-order valence-electron chi connectivity index (χ4n) is 0.581. The summed E-state index contributed by atoms with van der Waals surface area (Å²) in [5.74, 6) is 0. The van der Waals surface area contributed by atoms with Gasteiger partial charge in [0.15, 0.2) is 0 Å². The largest absolute Gasteiger partial charge is 0.399 e. The predicted molar refractivity (Wildman–Crippen MR) is 39.7 cm³/mol. The van der Waals surface area contributed by atoms with Crippen LogP contribution in [0.15, 0.2) is 48.2 Å². The van der Waals surface area contributed by atoms with Gasteiger partial charge in [0.2, 0.25) is 0 Å². The molecular formula is C8H9N. The van der Waals surface area contributed by atoms with Crippen molar-refractivity contribution in [2.45, 2.75) is 0 Å². The lowest BCUT2D eigenvalue weighted by molar-refractivity contribution is 1.42. The number of allylic oxidation sites excluding steroid dienone is 7. The maximum atomic E-state index is 5.49. The summed E-state index contributed by atoms with van der Waals surface area (Å²) in [5, 5.41) is 0. The van der Waals surface area contributed by atoms with Gasteiger partial charge in [0.1, 0.15) is 0 Å². The first-order valence-electron chi connectivity index (χ1n) is 2.87. The van der Waals surface area contributed by atoms with E-state index < -0.39 is 0 Å². The SMILES string of the molecule is NC1=C/C=C\C=C/C=C1. The van der Waals surface area contributed by atoms with Crippen LogP contribution < -0.4 is 5.73 Å². The van der Waals surface area contributed by atoms with E-state index in [-0.39, 0.29) is 0 Å². The van der Waals surface area contributed by atoms with Crippen molar-refractivity contribution in [2.75, 3.05) is 0 Å². The zero-order valence-corrected chi connectivity index (χ0v) is 5.12. The third-order valence-electron chi connectivity index (χ3n) is 1.02. The molecule has 0 aliphatic heterocycles. The molecule has 0 aromatic rings. The fraction of sp³-hybridized carbons (Fsp3) is 0. The summed E-state index contributed by atoms with van der Waals surface area (Å²) in [5.41, 5.74) is 6.28. The van der Waals surface area contributed by atoms with E-state index in [1.165, 1.54) is 0 Å². The van der Waals surface area contributed by atoms with Gasteiger partial charge in [-0.05, 0) is 12.2 Å². The first kappa shape index (κ1) is 5.89. The van der Waals surface area contributed by atoms with Crippen LogP contribution in [0.5, 0.6) is 0 Å². The van der Waals surface area contributed by atoms with E-state index in [4.69, 9.17) is 5.73 Å². The minimum absolute atomic E-state index is 0.788. The highest BCUT2D eigenvalue weighted by Crippen LogP contribution is 1.92. The number of nitrogens with two attached hydrogens (primary N) is 1. The zero-order chi connectivity index (χ0) is 6.53. The van der Waals surface area contributed by atoms with Gasteiger partial charge in [0.25, 0.3) is 0 Å². The van der Waals surface area contributed by atoms with Crippen LogP contribution in [0.4, 0.5) is 0 Å². The lowest BCUT2D eigenvalue weighted by Gasteiger charge is -1.88. The quantitative estimate of drug-likeness (QED) is 0.514. The van der Waals surface area contributed by atoms with E-state index in [2.05, 4.69) is 0 Å². The molecule has 46 valence electrons. The predicted octanol–water partition coefficient (Wildman–Crippen LogP) is 1.51. The molecule has 0 aromatic carbocycles.